The van der Waals surface area contributed by atoms with Crippen LogP contribution in [-0.2, 0) is 21.4 Å². The van der Waals surface area contributed by atoms with E-state index in [0.717, 1.165) is 15.6 Å². The number of carbonyl (C=O) groups is 1. The fraction of sp³-hybridized carbons (Fsp3) is 0.296. The number of sulfonamides is 1. The minimum absolute atomic E-state index is 0.0360. The first kappa shape index (κ1) is 27.7. The van der Waals surface area contributed by atoms with Crippen LogP contribution in [0.3, 0.4) is 0 Å². The third-order valence-electron chi connectivity index (χ3n) is 5.61. The average Bonchev–Trinajstić information content (AvgIpc) is 2.91. The van der Waals surface area contributed by atoms with Gasteiger partial charge in [-0.05, 0) is 61.0 Å². The second-order valence-corrected chi connectivity index (χ2v) is 10.2. The fourth-order valence-electron chi connectivity index (χ4n) is 3.59. The molecule has 0 unspecified atom stereocenters. The second-order valence-electron chi connectivity index (χ2n) is 8.29. The molecule has 0 aliphatic rings. The van der Waals surface area contributed by atoms with Gasteiger partial charge in [-0.1, -0.05) is 12.1 Å². The molecule has 1 amide bonds. The van der Waals surface area contributed by atoms with E-state index in [-0.39, 0.29) is 17.2 Å². The van der Waals surface area contributed by atoms with Crippen LogP contribution in [0.25, 0.3) is 0 Å². The first-order valence-electron chi connectivity index (χ1n) is 11.7. The van der Waals surface area contributed by atoms with Crippen molar-refractivity contribution in [1.82, 2.24) is 5.32 Å². The second kappa shape index (κ2) is 12.4. The van der Waals surface area contributed by atoms with Gasteiger partial charge in [0.15, 0.2) is 11.5 Å². The van der Waals surface area contributed by atoms with Gasteiger partial charge in [0.25, 0.3) is 10.0 Å². The van der Waals surface area contributed by atoms with Gasteiger partial charge in [0.1, 0.15) is 12.3 Å². The molecule has 10 heteroatoms. The van der Waals surface area contributed by atoms with Crippen molar-refractivity contribution >= 4 is 27.3 Å². The van der Waals surface area contributed by atoms with Crippen molar-refractivity contribution in [3.8, 4) is 17.2 Å². The monoisotopic (exact) mass is 527 g/mol. The lowest BCUT2D eigenvalue weighted by Crippen LogP contribution is -2.40. The Bertz CT molecular complexity index is 1290. The predicted octanol–water partition coefficient (Wildman–Crippen LogP) is 3.68. The molecule has 0 aromatic heterocycles. The van der Waals surface area contributed by atoms with Crippen molar-refractivity contribution < 1.29 is 27.4 Å². The number of nitrogens with one attached hydrogen (secondary N) is 1. The van der Waals surface area contributed by atoms with E-state index < -0.39 is 22.5 Å². The zero-order valence-electron chi connectivity index (χ0n) is 21.7. The lowest BCUT2D eigenvalue weighted by molar-refractivity contribution is -0.119. The van der Waals surface area contributed by atoms with Gasteiger partial charge >= 0.3 is 0 Å². The molecule has 198 valence electrons. The van der Waals surface area contributed by atoms with E-state index in [1.165, 1.54) is 32.4 Å². The summed E-state index contributed by atoms with van der Waals surface area (Å²) >= 11 is 0. The van der Waals surface area contributed by atoms with Crippen molar-refractivity contribution in [2.75, 3.05) is 50.7 Å². The Morgan fingerprint density at radius 1 is 0.865 bits per heavy atom. The van der Waals surface area contributed by atoms with Crippen LogP contribution in [-0.4, -0.2) is 55.8 Å². The molecule has 0 aliphatic heterocycles. The number of hydrogen-bond acceptors (Lipinski definition) is 7. The van der Waals surface area contributed by atoms with Gasteiger partial charge in [-0.2, -0.15) is 0 Å². The number of nitrogens with zero attached hydrogens (tertiary/aromatic N) is 2. The number of ether oxygens (including phenoxy) is 3. The predicted molar refractivity (Wildman–Crippen MR) is 144 cm³/mol. The highest BCUT2D eigenvalue weighted by molar-refractivity contribution is 7.92. The van der Waals surface area contributed by atoms with Gasteiger partial charge in [-0.25, -0.2) is 8.42 Å². The zero-order chi connectivity index (χ0) is 27.0. The molecule has 0 heterocycles. The van der Waals surface area contributed by atoms with Crippen LogP contribution in [0.5, 0.6) is 17.2 Å². The quantitative estimate of drug-likeness (QED) is 0.384. The number of rotatable bonds is 12. The molecule has 37 heavy (non-hydrogen) atoms. The summed E-state index contributed by atoms with van der Waals surface area (Å²) in [5, 5.41) is 2.82. The van der Waals surface area contributed by atoms with Crippen LogP contribution in [0.1, 0.15) is 12.5 Å². The van der Waals surface area contributed by atoms with E-state index in [0.29, 0.717) is 23.8 Å². The van der Waals surface area contributed by atoms with Crippen molar-refractivity contribution in [3.63, 3.8) is 0 Å². The number of carbonyl (C=O) groups excluding carboxylic acids is 1. The average molecular weight is 528 g/mol. The summed E-state index contributed by atoms with van der Waals surface area (Å²) in [7, 11) is 2.66. The first-order valence-corrected chi connectivity index (χ1v) is 13.1. The Kier molecular flexibility index (Phi) is 9.24. The van der Waals surface area contributed by atoms with E-state index in [1.54, 1.807) is 24.3 Å². The van der Waals surface area contributed by atoms with Crippen molar-refractivity contribution in [2.45, 2.75) is 18.4 Å². The third kappa shape index (κ3) is 6.85. The highest BCUT2D eigenvalue weighted by Crippen LogP contribution is 2.32. The molecule has 0 aliphatic carbocycles. The molecule has 1 N–H and O–H groups in total. The first-order chi connectivity index (χ1) is 17.7. The topological polar surface area (TPSA) is 97.4 Å². The highest BCUT2D eigenvalue weighted by Gasteiger charge is 2.28. The largest absolute Gasteiger partial charge is 0.494 e. The number of methoxy groups -OCH3 is 2. The normalized spacial score (nSPS) is 10.9. The molecule has 3 aromatic rings. The van der Waals surface area contributed by atoms with Crippen molar-refractivity contribution in [1.29, 1.82) is 0 Å². The zero-order valence-corrected chi connectivity index (χ0v) is 22.5. The summed E-state index contributed by atoms with van der Waals surface area (Å²) in [4.78, 5) is 14.9. The number of anilines is 2. The van der Waals surface area contributed by atoms with Crippen LogP contribution in [0.2, 0.25) is 0 Å². The van der Waals surface area contributed by atoms with Gasteiger partial charge in [0.05, 0.1) is 31.4 Å². The van der Waals surface area contributed by atoms with Crippen molar-refractivity contribution in [2.24, 2.45) is 0 Å². The van der Waals surface area contributed by atoms with Gasteiger partial charge in [-0.15, -0.1) is 0 Å². The standard InChI is InChI=1S/C27H33N3O6S/c1-6-36-23-13-11-22(12-14-23)30(37(32,33)24-15-16-25(34-4)26(17-24)35-5)19-27(31)28-18-20-7-9-21(10-8-20)29(2)3/h7-17H,6,18-19H2,1-5H3,(H,28,31). The molecule has 0 radical (unpaired) electrons. The van der Waals surface area contributed by atoms with E-state index >= 15 is 0 Å². The number of amides is 1. The lowest BCUT2D eigenvalue weighted by atomic mass is 10.2. The molecular weight excluding hydrogens is 494 g/mol. The van der Waals surface area contributed by atoms with Crippen LogP contribution >= 0.6 is 0 Å². The molecule has 3 aromatic carbocycles. The highest BCUT2D eigenvalue weighted by atomic mass is 32.2. The summed E-state index contributed by atoms with van der Waals surface area (Å²) in [6, 6.07) is 18.6. The molecule has 3 rings (SSSR count). The minimum Gasteiger partial charge on any atom is -0.494 e. The Labute approximate surface area is 218 Å². The molecule has 0 bridgehead atoms. The maximum absolute atomic E-state index is 13.7. The summed E-state index contributed by atoms with van der Waals surface area (Å²) in [6.07, 6.45) is 0. The molecule has 0 fully saturated rings. The summed E-state index contributed by atoms with van der Waals surface area (Å²) < 4.78 is 44.5. The molecule has 9 nitrogen and oxygen atoms in total. The Hall–Kier alpha value is -3.92. The molecular formula is C27H33N3O6S. The van der Waals surface area contributed by atoms with Crippen LogP contribution in [0.15, 0.2) is 71.6 Å². The van der Waals surface area contributed by atoms with E-state index in [2.05, 4.69) is 5.32 Å². The molecule has 0 saturated heterocycles. The van der Waals surface area contributed by atoms with Gasteiger partial charge in [0, 0.05) is 32.4 Å². The van der Waals surface area contributed by atoms with Crippen LogP contribution < -0.4 is 28.7 Å². The number of hydrogen-bond donors (Lipinski definition) is 1. The lowest BCUT2D eigenvalue weighted by Gasteiger charge is -2.25. The fourth-order valence-corrected chi connectivity index (χ4v) is 5.03. The number of benzene rings is 3. The summed E-state index contributed by atoms with van der Waals surface area (Å²) in [5.41, 5.74) is 2.26. The van der Waals surface area contributed by atoms with Gasteiger partial charge in [0.2, 0.25) is 5.91 Å². The SMILES string of the molecule is CCOc1ccc(N(CC(=O)NCc2ccc(N(C)C)cc2)S(=O)(=O)c2ccc(OC)c(OC)c2)cc1. The maximum atomic E-state index is 13.7. The minimum atomic E-state index is -4.14. The van der Waals surface area contributed by atoms with E-state index in [1.807, 2.05) is 50.2 Å². The Morgan fingerprint density at radius 2 is 1.49 bits per heavy atom. The Balaban J connectivity index is 1.87. The van der Waals surface area contributed by atoms with Crippen LogP contribution in [0, 0.1) is 0 Å². The summed E-state index contributed by atoms with van der Waals surface area (Å²) in [5.74, 6) is 0.808. The van der Waals surface area contributed by atoms with Gasteiger partial charge in [-0.3, -0.25) is 9.10 Å². The van der Waals surface area contributed by atoms with E-state index in [4.69, 9.17) is 14.2 Å². The Morgan fingerprint density at radius 3 is 2.05 bits per heavy atom. The van der Waals surface area contributed by atoms with Crippen molar-refractivity contribution in [3.05, 3.63) is 72.3 Å². The molecule has 0 atom stereocenters. The molecule has 0 saturated carbocycles. The van der Waals surface area contributed by atoms with Gasteiger partial charge < -0.3 is 24.4 Å². The van der Waals surface area contributed by atoms with Crippen LogP contribution in [0.4, 0.5) is 11.4 Å². The van der Waals surface area contributed by atoms with E-state index in [9.17, 15) is 13.2 Å². The maximum Gasteiger partial charge on any atom is 0.264 e. The molecule has 0 spiro atoms. The third-order valence-corrected chi connectivity index (χ3v) is 7.38. The summed E-state index contributed by atoms with van der Waals surface area (Å²) in [6.45, 7) is 2.19. The smallest absolute Gasteiger partial charge is 0.264 e.